The van der Waals surface area contributed by atoms with Crippen molar-refractivity contribution >= 4 is 39.2 Å². The zero-order valence-electron chi connectivity index (χ0n) is 19.8. The van der Waals surface area contributed by atoms with Crippen molar-refractivity contribution in [2.24, 2.45) is 17.3 Å². The minimum absolute atomic E-state index is 0.201. The fourth-order valence-electron chi connectivity index (χ4n) is 6.18. The molecule has 0 unspecified atom stereocenters. The Morgan fingerprint density at radius 1 is 1.15 bits per heavy atom. The molecule has 7 heteroatoms. The number of likely N-dealkylation sites (tertiary alicyclic amines) is 1. The number of rotatable bonds is 6. The van der Waals surface area contributed by atoms with E-state index < -0.39 is 0 Å². The van der Waals surface area contributed by atoms with Gasteiger partial charge in [0, 0.05) is 48.8 Å². The lowest BCUT2D eigenvalue weighted by atomic mass is 9.68. The normalized spacial score (nSPS) is 23.6. The number of benzene rings is 1. The van der Waals surface area contributed by atoms with E-state index >= 15 is 0 Å². The number of thiazole rings is 1. The molecular weight excluding hydrogens is 460 g/mol. The van der Waals surface area contributed by atoms with Crippen molar-refractivity contribution in [3.8, 4) is 0 Å². The molecule has 0 bridgehead atoms. The third-order valence-electron chi connectivity index (χ3n) is 8.32. The molecule has 5 nitrogen and oxygen atoms in total. The van der Waals surface area contributed by atoms with Crippen molar-refractivity contribution in [1.29, 1.82) is 0 Å². The summed E-state index contributed by atoms with van der Waals surface area (Å²) < 4.78 is 1.15. The molecule has 2 saturated carbocycles. The molecule has 6 rings (SSSR count). The molecule has 2 aromatic heterocycles. The summed E-state index contributed by atoms with van der Waals surface area (Å²) in [6.07, 6.45) is 16.8. The summed E-state index contributed by atoms with van der Waals surface area (Å²) in [5.41, 5.74) is 2.30. The molecule has 1 spiro atoms. The molecule has 1 aromatic carbocycles. The lowest BCUT2D eigenvalue weighted by Gasteiger charge is -2.37. The standard InChI is InChI=1S/C27H32N4OS2/c1-33-21-15-28-24(29-16-21)12-18-3-4-19(11-18)13-25-30-22-6-5-20(14-23(22)34-25)26(32)31-10-9-27(17-31)7-2-8-27/h5-6,14-16,18-19H,2-4,7-13,17H2,1H3/t18-,19-/m0/s1. The van der Waals surface area contributed by atoms with Crippen LogP contribution in [0.15, 0.2) is 35.5 Å². The number of aromatic nitrogens is 3. The maximum absolute atomic E-state index is 13.1. The Morgan fingerprint density at radius 3 is 2.65 bits per heavy atom. The smallest absolute Gasteiger partial charge is 0.253 e. The van der Waals surface area contributed by atoms with E-state index in [4.69, 9.17) is 4.98 Å². The van der Waals surface area contributed by atoms with E-state index in [0.717, 1.165) is 52.4 Å². The SMILES string of the molecule is CSc1cnc(C[C@H]2CC[C@H](Cc3nc4ccc(C(=O)N5CCC6(CCC6)C5)cc4s3)C2)nc1. The molecule has 34 heavy (non-hydrogen) atoms. The van der Waals surface area contributed by atoms with Crippen molar-refractivity contribution < 1.29 is 4.79 Å². The molecule has 1 amide bonds. The molecule has 3 aliphatic rings. The van der Waals surface area contributed by atoms with Crippen LogP contribution in [0.25, 0.3) is 10.2 Å². The lowest BCUT2D eigenvalue weighted by molar-refractivity contribution is 0.0732. The Bertz CT molecular complexity index is 1190. The number of thioether (sulfide) groups is 1. The van der Waals surface area contributed by atoms with Crippen molar-refractivity contribution in [1.82, 2.24) is 19.9 Å². The summed E-state index contributed by atoms with van der Waals surface area (Å²) in [6, 6.07) is 6.11. The van der Waals surface area contributed by atoms with E-state index in [2.05, 4.69) is 27.2 Å². The van der Waals surface area contributed by atoms with Crippen LogP contribution in [0.4, 0.5) is 0 Å². The summed E-state index contributed by atoms with van der Waals surface area (Å²) in [5, 5.41) is 1.21. The molecule has 2 aliphatic carbocycles. The van der Waals surface area contributed by atoms with Crippen LogP contribution in [0.1, 0.15) is 66.1 Å². The summed E-state index contributed by atoms with van der Waals surface area (Å²) >= 11 is 3.46. The van der Waals surface area contributed by atoms with Crippen molar-refractivity contribution in [2.45, 2.75) is 62.7 Å². The quantitative estimate of drug-likeness (QED) is 0.394. The molecule has 3 aromatic rings. The highest BCUT2D eigenvalue weighted by Gasteiger charge is 2.44. The predicted molar refractivity (Wildman–Crippen MR) is 138 cm³/mol. The van der Waals surface area contributed by atoms with Crippen molar-refractivity contribution in [3.63, 3.8) is 0 Å². The number of hydrogen-bond acceptors (Lipinski definition) is 6. The van der Waals surface area contributed by atoms with Gasteiger partial charge < -0.3 is 4.90 Å². The van der Waals surface area contributed by atoms with Gasteiger partial charge in [-0.15, -0.1) is 23.1 Å². The molecule has 2 atom stereocenters. The van der Waals surface area contributed by atoms with E-state index in [1.807, 2.05) is 24.5 Å². The van der Waals surface area contributed by atoms with Gasteiger partial charge in [-0.2, -0.15) is 0 Å². The van der Waals surface area contributed by atoms with Crippen LogP contribution in [-0.2, 0) is 12.8 Å². The minimum atomic E-state index is 0.201. The number of fused-ring (bicyclic) bond motifs is 1. The van der Waals surface area contributed by atoms with Crippen LogP contribution in [0.2, 0.25) is 0 Å². The topological polar surface area (TPSA) is 59.0 Å². The first-order valence-corrected chi connectivity index (χ1v) is 14.7. The second-order valence-electron chi connectivity index (χ2n) is 10.6. The van der Waals surface area contributed by atoms with Gasteiger partial charge in [0.2, 0.25) is 0 Å². The Morgan fingerprint density at radius 2 is 1.94 bits per heavy atom. The third-order valence-corrected chi connectivity index (χ3v) is 10.0. The fourth-order valence-corrected chi connectivity index (χ4v) is 7.61. The molecular formula is C27H32N4OS2. The Labute approximate surface area is 209 Å². The zero-order valence-corrected chi connectivity index (χ0v) is 21.5. The van der Waals surface area contributed by atoms with Crippen LogP contribution in [0, 0.1) is 17.3 Å². The first-order chi connectivity index (χ1) is 16.6. The van der Waals surface area contributed by atoms with E-state index in [-0.39, 0.29) is 5.91 Å². The average Bonchev–Trinajstić information content (AvgIpc) is 3.56. The van der Waals surface area contributed by atoms with Crippen LogP contribution in [0.3, 0.4) is 0 Å². The van der Waals surface area contributed by atoms with Gasteiger partial charge in [0.15, 0.2) is 0 Å². The van der Waals surface area contributed by atoms with E-state index in [1.54, 1.807) is 23.1 Å². The van der Waals surface area contributed by atoms with Gasteiger partial charge >= 0.3 is 0 Å². The van der Waals surface area contributed by atoms with Crippen LogP contribution < -0.4 is 0 Å². The van der Waals surface area contributed by atoms with Crippen molar-refractivity contribution in [3.05, 3.63) is 47.0 Å². The highest BCUT2D eigenvalue weighted by atomic mass is 32.2. The van der Waals surface area contributed by atoms with Gasteiger partial charge in [-0.3, -0.25) is 4.79 Å². The van der Waals surface area contributed by atoms with E-state index in [1.165, 1.54) is 50.0 Å². The van der Waals surface area contributed by atoms with Crippen LogP contribution in [0.5, 0.6) is 0 Å². The lowest BCUT2D eigenvalue weighted by Crippen LogP contribution is -2.35. The molecule has 0 N–H and O–H groups in total. The zero-order chi connectivity index (χ0) is 23.1. The molecule has 0 radical (unpaired) electrons. The maximum Gasteiger partial charge on any atom is 0.253 e. The Hall–Kier alpha value is -1.99. The molecule has 3 fully saturated rings. The van der Waals surface area contributed by atoms with Gasteiger partial charge in [0.1, 0.15) is 5.82 Å². The first kappa shape index (κ1) is 22.5. The van der Waals surface area contributed by atoms with Crippen molar-refractivity contribution in [2.75, 3.05) is 19.3 Å². The largest absolute Gasteiger partial charge is 0.338 e. The molecule has 3 heterocycles. The second-order valence-corrected chi connectivity index (χ2v) is 12.6. The highest BCUT2D eigenvalue weighted by Crippen LogP contribution is 2.48. The first-order valence-electron chi connectivity index (χ1n) is 12.6. The maximum atomic E-state index is 13.1. The summed E-state index contributed by atoms with van der Waals surface area (Å²) in [4.78, 5) is 30.3. The number of amides is 1. The number of nitrogens with zero attached hydrogens (tertiary/aromatic N) is 4. The monoisotopic (exact) mass is 492 g/mol. The van der Waals surface area contributed by atoms with Gasteiger partial charge in [0.25, 0.3) is 5.91 Å². The van der Waals surface area contributed by atoms with E-state index in [0.29, 0.717) is 17.3 Å². The van der Waals surface area contributed by atoms with Gasteiger partial charge in [-0.25, -0.2) is 15.0 Å². The van der Waals surface area contributed by atoms with Gasteiger partial charge in [0.05, 0.1) is 15.2 Å². The number of carbonyl (C=O) groups is 1. The molecule has 1 aliphatic heterocycles. The summed E-state index contributed by atoms with van der Waals surface area (Å²) in [6.45, 7) is 1.87. The highest BCUT2D eigenvalue weighted by molar-refractivity contribution is 7.98. The molecule has 1 saturated heterocycles. The number of hydrogen-bond donors (Lipinski definition) is 0. The average molecular weight is 493 g/mol. The second kappa shape index (κ2) is 9.23. The molecule has 178 valence electrons. The van der Waals surface area contributed by atoms with E-state index in [9.17, 15) is 4.79 Å². The number of carbonyl (C=O) groups excluding carboxylic acids is 1. The minimum Gasteiger partial charge on any atom is -0.338 e. The predicted octanol–water partition coefficient (Wildman–Crippen LogP) is 6.03. The van der Waals surface area contributed by atoms with Gasteiger partial charge in [-0.1, -0.05) is 6.42 Å². The third kappa shape index (κ3) is 4.49. The Kier molecular flexibility index (Phi) is 6.10. The summed E-state index contributed by atoms with van der Waals surface area (Å²) in [5.74, 6) is 2.53. The Balaban J connectivity index is 1.07. The van der Waals surface area contributed by atoms with Crippen LogP contribution in [-0.4, -0.2) is 45.1 Å². The van der Waals surface area contributed by atoms with Crippen LogP contribution >= 0.6 is 23.1 Å². The summed E-state index contributed by atoms with van der Waals surface area (Å²) in [7, 11) is 0. The van der Waals surface area contributed by atoms with Gasteiger partial charge in [-0.05, 0) is 80.2 Å². The fraction of sp³-hybridized carbons (Fsp3) is 0.556.